The molecule has 30 heavy (non-hydrogen) atoms. The normalized spacial score (nSPS) is 14.6. The maximum Gasteiger partial charge on any atom is 0.417 e. The number of carbonyl (C=O) groups excluding carboxylic acids is 2. The summed E-state index contributed by atoms with van der Waals surface area (Å²) in [6.07, 6.45) is 0.647. The van der Waals surface area contributed by atoms with Crippen molar-refractivity contribution in [2.24, 2.45) is 0 Å². The van der Waals surface area contributed by atoms with Gasteiger partial charge in [-0.15, -0.1) is 0 Å². The first-order valence-electron chi connectivity index (χ1n) is 9.34. The number of nitrogens with one attached hydrogen (secondary N) is 2. The summed E-state index contributed by atoms with van der Waals surface area (Å²) in [5, 5.41) is 2.58. The molecule has 10 heteroatoms. The Balaban J connectivity index is 1.40. The van der Waals surface area contributed by atoms with E-state index in [9.17, 15) is 18.8 Å². The van der Waals surface area contributed by atoms with E-state index in [1.165, 1.54) is 17.0 Å². The van der Waals surface area contributed by atoms with Crippen LogP contribution in [0.5, 0.6) is 0 Å². The fourth-order valence-corrected chi connectivity index (χ4v) is 3.59. The van der Waals surface area contributed by atoms with E-state index in [4.69, 9.17) is 16.0 Å². The first kappa shape index (κ1) is 20.0. The predicted octanol–water partition coefficient (Wildman–Crippen LogP) is 2.59. The minimum Gasteiger partial charge on any atom is -0.408 e. The molecule has 1 aliphatic rings. The lowest BCUT2D eigenvalue weighted by atomic mass is 10.2. The molecule has 0 saturated carbocycles. The maximum atomic E-state index is 13.4. The van der Waals surface area contributed by atoms with Crippen molar-refractivity contribution in [2.45, 2.75) is 6.42 Å². The zero-order valence-corrected chi connectivity index (χ0v) is 16.5. The third-order valence-corrected chi connectivity index (χ3v) is 5.21. The Bertz CT molecular complexity index is 1180. The summed E-state index contributed by atoms with van der Waals surface area (Å²) in [6, 6.07) is 9.13. The maximum absolute atomic E-state index is 13.4. The number of hydrogen-bond donors (Lipinski definition) is 2. The van der Waals surface area contributed by atoms with Gasteiger partial charge < -0.3 is 19.5 Å². The summed E-state index contributed by atoms with van der Waals surface area (Å²) in [5.41, 5.74) is 1.90. The van der Waals surface area contributed by atoms with Gasteiger partial charge in [-0.25, -0.2) is 9.18 Å². The number of H-pyrrole nitrogens is 1. The Morgan fingerprint density at radius 1 is 1.10 bits per heavy atom. The Morgan fingerprint density at radius 2 is 1.93 bits per heavy atom. The topological polar surface area (TPSA) is 98.6 Å². The summed E-state index contributed by atoms with van der Waals surface area (Å²) >= 11 is 5.86. The van der Waals surface area contributed by atoms with Crippen molar-refractivity contribution in [3.8, 4) is 0 Å². The van der Waals surface area contributed by atoms with Gasteiger partial charge in [-0.05, 0) is 36.8 Å². The van der Waals surface area contributed by atoms with Gasteiger partial charge >= 0.3 is 17.6 Å². The highest BCUT2D eigenvalue weighted by atomic mass is 35.5. The summed E-state index contributed by atoms with van der Waals surface area (Å²) < 4.78 is 18.4. The highest BCUT2D eigenvalue weighted by molar-refractivity contribution is 6.39. The Kier molecular flexibility index (Phi) is 5.45. The molecule has 0 radical (unpaired) electrons. The van der Waals surface area contributed by atoms with E-state index in [-0.39, 0.29) is 10.6 Å². The van der Waals surface area contributed by atoms with E-state index < -0.39 is 23.4 Å². The van der Waals surface area contributed by atoms with Gasteiger partial charge in [0.1, 0.15) is 5.82 Å². The summed E-state index contributed by atoms with van der Waals surface area (Å²) in [5.74, 6) is -2.50. The molecule has 1 saturated heterocycles. The lowest BCUT2D eigenvalue weighted by Crippen LogP contribution is -2.41. The van der Waals surface area contributed by atoms with Crippen LogP contribution < -0.4 is 16.0 Å². The number of aromatic amines is 1. The average Bonchev–Trinajstić information content (AvgIpc) is 2.93. The Labute approximate surface area is 175 Å². The van der Waals surface area contributed by atoms with Gasteiger partial charge in [-0.2, -0.15) is 0 Å². The molecule has 1 aliphatic heterocycles. The minimum absolute atomic E-state index is 0.0410. The molecule has 2 amide bonds. The standard InChI is InChI=1S/C20H18ClFN4O4/c21-14-11-13(3-4-15(14)22)25-6-1-7-26(9-8-25)19(28)18(27)23-12-2-5-16-17(10-12)30-20(29)24-16/h2-5,10-11H,1,6-9H2,(H,23,27)(H,24,29). The molecule has 1 fully saturated rings. The van der Waals surface area contributed by atoms with E-state index in [1.54, 1.807) is 24.3 Å². The van der Waals surface area contributed by atoms with E-state index >= 15 is 0 Å². The van der Waals surface area contributed by atoms with Gasteiger partial charge in [-0.3, -0.25) is 14.6 Å². The van der Waals surface area contributed by atoms with Crippen molar-refractivity contribution >= 4 is 45.9 Å². The summed E-state index contributed by atoms with van der Waals surface area (Å²) in [7, 11) is 0. The van der Waals surface area contributed by atoms with Gasteiger partial charge in [0.15, 0.2) is 5.58 Å². The second kappa shape index (κ2) is 8.19. The van der Waals surface area contributed by atoms with Crippen molar-refractivity contribution < 1.29 is 18.4 Å². The smallest absolute Gasteiger partial charge is 0.408 e. The highest BCUT2D eigenvalue weighted by Crippen LogP contribution is 2.24. The van der Waals surface area contributed by atoms with E-state index in [0.717, 1.165) is 5.69 Å². The van der Waals surface area contributed by atoms with Crippen LogP contribution in [0, 0.1) is 5.82 Å². The molecule has 0 spiro atoms. The Morgan fingerprint density at radius 3 is 2.73 bits per heavy atom. The lowest BCUT2D eigenvalue weighted by Gasteiger charge is -2.23. The van der Waals surface area contributed by atoms with Crippen LogP contribution in [0.1, 0.15) is 6.42 Å². The quantitative estimate of drug-likeness (QED) is 0.606. The van der Waals surface area contributed by atoms with Crippen LogP contribution >= 0.6 is 11.6 Å². The summed E-state index contributed by atoms with van der Waals surface area (Å²) in [4.78, 5) is 42.2. The largest absolute Gasteiger partial charge is 0.417 e. The van der Waals surface area contributed by atoms with Gasteiger partial charge in [0, 0.05) is 43.6 Å². The van der Waals surface area contributed by atoms with Gasteiger partial charge in [-0.1, -0.05) is 11.6 Å². The van der Waals surface area contributed by atoms with Gasteiger partial charge in [0.2, 0.25) is 0 Å². The minimum atomic E-state index is -0.773. The molecule has 156 valence electrons. The van der Waals surface area contributed by atoms with Gasteiger partial charge in [0.25, 0.3) is 0 Å². The molecule has 0 bridgehead atoms. The number of carbonyl (C=O) groups is 2. The van der Waals surface area contributed by atoms with Crippen molar-refractivity contribution in [1.29, 1.82) is 0 Å². The zero-order valence-electron chi connectivity index (χ0n) is 15.8. The van der Waals surface area contributed by atoms with Crippen molar-refractivity contribution in [3.05, 3.63) is 57.8 Å². The molecule has 2 heterocycles. The number of benzene rings is 2. The molecule has 4 rings (SSSR count). The van der Waals surface area contributed by atoms with Crippen LogP contribution in [-0.4, -0.2) is 47.9 Å². The molecular weight excluding hydrogens is 415 g/mol. The van der Waals surface area contributed by atoms with Crippen LogP contribution in [0.15, 0.2) is 45.6 Å². The zero-order chi connectivity index (χ0) is 21.3. The third-order valence-electron chi connectivity index (χ3n) is 4.92. The first-order valence-corrected chi connectivity index (χ1v) is 9.71. The van der Waals surface area contributed by atoms with Crippen LogP contribution in [0.3, 0.4) is 0 Å². The van der Waals surface area contributed by atoms with Gasteiger partial charge in [0.05, 0.1) is 10.5 Å². The molecule has 0 atom stereocenters. The number of aromatic nitrogens is 1. The van der Waals surface area contributed by atoms with E-state index in [0.29, 0.717) is 43.8 Å². The average molecular weight is 433 g/mol. The SMILES string of the molecule is O=C(Nc1ccc2[nH]c(=O)oc2c1)C(=O)N1CCCN(c2ccc(F)c(Cl)c2)CC1. The summed E-state index contributed by atoms with van der Waals surface area (Å²) in [6.45, 7) is 1.90. The monoisotopic (exact) mass is 432 g/mol. The second-order valence-corrected chi connectivity index (χ2v) is 7.32. The molecule has 0 aliphatic carbocycles. The molecule has 1 aromatic heterocycles. The molecule has 2 N–H and O–H groups in total. The third kappa shape index (κ3) is 4.16. The number of hydrogen-bond acceptors (Lipinski definition) is 5. The Hall–Kier alpha value is -3.33. The number of fused-ring (bicyclic) bond motifs is 1. The molecule has 8 nitrogen and oxygen atoms in total. The van der Waals surface area contributed by atoms with Crippen molar-refractivity contribution in [2.75, 3.05) is 36.4 Å². The number of rotatable bonds is 2. The van der Waals surface area contributed by atoms with E-state index in [1.807, 2.05) is 4.90 Å². The molecule has 2 aromatic carbocycles. The van der Waals surface area contributed by atoms with Crippen molar-refractivity contribution in [3.63, 3.8) is 0 Å². The predicted molar refractivity (Wildman–Crippen MR) is 110 cm³/mol. The van der Waals surface area contributed by atoms with Crippen LogP contribution in [0.25, 0.3) is 11.1 Å². The molecule has 3 aromatic rings. The molecule has 0 unspecified atom stereocenters. The van der Waals surface area contributed by atoms with Crippen LogP contribution in [0.2, 0.25) is 5.02 Å². The second-order valence-electron chi connectivity index (χ2n) is 6.91. The van der Waals surface area contributed by atoms with Crippen LogP contribution in [-0.2, 0) is 9.59 Å². The molecular formula is C20H18ClFN4O4. The lowest BCUT2D eigenvalue weighted by molar-refractivity contribution is -0.143. The number of oxazole rings is 1. The number of halogens is 2. The first-order chi connectivity index (χ1) is 14.4. The number of anilines is 2. The fourth-order valence-electron chi connectivity index (χ4n) is 3.41. The van der Waals surface area contributed by atoms with E-state index in [2.05, 4.69) is 10.3 Å². The van der Waals surface area contributed by atoms with Crippen molar-refractivity contribution in [1.82, 2.24) is 9.88 Å². The highest BCUT2D eigenvalue weighted by Gasteiger charge is 2.25. The number of amides is 2. The fraction of sp³-hybridized carbons (Fsp3) is 0.250. The number of nitrogens with zero attached hydrogens (tertiary/aromatic N) is 2. The van der Waals surface area contributed by atoms with Crippen LogP contribution in [0.4, 0.5) is 15.8 Å².